The number of rotatable bonds is 7. The fraction of sp³-hybridized carbons (Fsp3) is 0.290. The summed E-state index contributed by atoms with van der Waals surface area (Å²) in [6.45, 7) is 8.03. The van der Waals surface area contributed by atoms with Gasteiger partial charge in [0.1, 0.15) is 28.6 Å². The first-order valence-corrected chi connectivity index (χ1v) is 12.4. The van der Waals surface area contributed by atoms with E-state index in [1.165, 1.54) is 19.1 Å². The van der Waals surface area contributed by atoms with E-state index in [0.717, 1.165) is 16.7 Å². The number of ketones is 1. The number of nitrogens with zero attached hydrogens (tertiary/aromatic N) is 1. The van der Waals surface area contributed by atoms with Crippen LogP contribution in [0.5, 0.6) is 17.2 Å². The van der Waals surface area contributed by atoms with Crippen molar-refractivity contribution in [1.29, 1.82) is 0 Å². The highest BCUT2D eigenvalue weighted by atomic mass is 16.5. The molecule has 7 heteroatoms. The van der Waals surface area contributed by atoms with Gasteiger partial charge >= 0.3 is 0 Å². The predicted molar refractivity (Wildman–Crippen MR) is 145 cm³/mol. The first-order chi connectivity index (χ1) is 18.0. The largest absolute Gasteiger partial charge is 0.507 e. The fourth-order valence-electron chi connectivity index (χ4n) is 4.59. The van der Waals surface area contributed by atoms with Crippen molar-refractivity contribution in [2.45, 2.75) is 45.9 Å². The number of carbonyl (C=O) groups excluding carboxylic acids is 2. The van der Waals surface area contributed by atoms with E-state index < -0.39 is 17.7 Å². The minimum Gasteiger partial charge on any atom is -0.507 e. The molecular formula is C31H33NO6. The second-order valence-electron chi connectivity index (χ2n) is 10.3. The molecule has 1 atom stereocenters. The second kappa shape index (κ2) is 10.6. The van der Waals surface area contributed by atoms with Gasteiger partial charge in [0.15, 0.2) is 0 Å². The molecule has 3 aromatic carbocycles. The zero-order valence-corrected chi connectivity index (χ0v) is 22.6. The van der Waals surface area contributed by atoms with Gasteiger partial charge in [-0.3, -0.25) is 9.59 Å². The van der Waals surface area contributed by atoms with Crippen LogP contribution < -0.4 is 14.2 Å². The van der Waals surface area contributed by atoms with Crippen LogP contribution in [0.15, 0.2) is 72.3 Å². The van der Waals surface area contributed by atoms with Gasteiger partial charge in [-0.25, -0.2) is 0 Å². The number of hydrogen-bond donors (Lipinski definition) is 1. The van der Waals surface area contributed by atoms with Crippen LogP contribution in [0.2, 0.25) is 0 Å². The quantitative estimate of drug-likeness (QED) is 0.243. The maximum Gasteiger partial charge on any atom is 0.295 e. The van der Waals surface area contributed by atoms with E-state index >= 15 is 0 Å². The van der Waals surface area contributed by atoms with Gasteiger partial charge < -0.3 is 24.2 Å². The molecule has 0 radical (unpaired) electrons. The molecule has 198 valence electrons. The van der Waals surface area contributed by atoms with Gasteiger partial charge in [-0.2, -0.15) is 0 Å². The lowest BCUT2D eigenvalue weighted by molar-refractivity contribution is -0.140. The van der Waals surface area contributed by atoms with Crippen molar-refractivity contribution >= 4 is 17.4 Å². The highest BCUT2D eigenvalue weighted by Gasteiger charge is 2.46. The van der Waals surface area contributed by atoms with Crippen molar-refractivity contribution in [2.24, 2.45) is 0 Å². The smallest absolute Gasteiger partial charge is 0.295 e. The van der Waals surface area contributed by atoms with E-state index in [4.69, 9.17) is 14.2 Å². The number of aliphatic hydroxyl groups is 1. The summed E-state index contributed by atoms with van der Waals surface area (Å²) >= 11 is 0. The van der Waals surface area contributed by atoms with Crippen LogP contribution in [-0.4, -0.2) is 41.5 Å². The summed E-state index contributed by atoms with van der Waals surface area (Å²) in [7, 11) is 2.98. The van der Waals surface area contributed by atoms with Crippen LogP contribution in [0, 0.1) is 6.92 Å². The molecule has 1 aliphatic heterocycles. The zero-order valence-electron chi connectivity index (χ0n) is 22.6. The number of aliphatic hydroxyl groups excluding tert-OH is 1. The molecule has 1 amide bonds. The van der Waals surface area contributed by atoms with Crippen LogP contribution in [0.4, 0.5) is 0 Å². The number of Topliss-reactive ketones (excluding diaryl/α,β-unsaturated/α-hetero) is 1. The third-order valence-electron chi connectivity index (χ3n) is 6.26. The minimum atomic E-state index is -0.795. The molecular weight excluding hydrogens is 482 g/mol. The van der Waals surface area contributed by atoms with Gasteiger partial charge in [0.25, 0.3) is 11.7 Å². The minimum absolute atomic E-state index is 0.000149. The van der Waals surface area contributed by atoms with Crippen LogP contribution in [-0.2, 0) is 16.1 Å². The van der Waals surface area contributed by atoms with Crippen LogP contribution >= 0.6 is 0 Å². The van der Waals surface area contributed by atoms with E-state index in [0.29, 0.717) is 17.2 Å². The standard InChI is InChI=1S/C31H33NO6/c1-19-8-7-9-21(16-19)27-26(28(33)24-17-23(36-5)14-15-25(24)37-6)29(34)30(35)32(27)18-20-10-12-22(13-11-20)38-31(2,3)4/h7-17,27,33H,18H2,1-6H3/b28-26+. The lowest BCUT2D eigenvalue weighted by atomic mass is 9.94. The number of methoxy groups -OCH3 is 2. The Morgan fingerprint density at radius 2 is 1.61 bits per heavy atom. The highest BCUT2D eigenvalue weighted by Crippen LogP contribution is 2.42. The Kier molecular flexibility index (Phi) is 7.49. The highest BCUT2D eigenvalue weighted by molar-refractivity contribution is 6.46. The molecule has 4 rings (SSSR count). The third-order valence-corrected chi connectivity index (χ3v) is 6.26. The SMILES string of the molecule is COc1ccc(OC)c(/C(O)=C2\C(=O)C(=O)N(Cc3ccc(OC(C)(C)C)cc3)C2c2cccc(C)c2)c1. The van der Waals surface area contributed by atoms with Crippen molar-refractivity contribution < 1.29 is 28.9 Å². The number of ether oxygens (including phenoxy) is 3. The maximum absolute atomic E-state index is 13.5. The molecule has 3 aromatic rings. The van der Waals surface area contributed by atoms with Crippen molar-refractivity contribution in [3.8, 4) is 17.2 Å². The average Bonchev–Trinajstić information content (AvgIpc) is 3.13. The molecule has 0 saturated carbocycles. The van der Waals surface area contributed by atoms with Gasteiger partial charge in [0.2, 0.25) is 0 Å². The average molecular weight is 516 g/mol. The molecule has 0 aliphatic carbocycles. The van der Waals surface area contributed by atoms with Gasteiger partial charge in [-0.1, -0.05) is 42.0 Å². The lowest BCUT2D eigenvalue weighted by Gasteiger charge is -2.26. The molecule has 1 saturated heterocycles. The van der Waals surface area contributed by atoms with E-state index in [1.54, 1.807) is 18.2 Å². The summed E-state index contributed by atoms with van der Waals surface area (Å²) in [4.78, 5) is 28.4. The topological polar surface area (TPSA) is 85.3 Å². The van der Waals surface area contributed by atoms with E-state index in [9.17, 15) is 14.7 Å². The number of amides is 1. The Balaban J connectivity index is 1.82. The van der Waals surface area contributed by atoms with Crippen LogP contribution in [0.3, 0.4) is 0 Å². The second-order valence-corrected chi connectivity index (χ2v) is 10.3. The Hall–Kier alpha value is -4.26. The van der Waals surface area contributed by atoms with Gasteiger partial charge in [0, 0.05) is 6.54 Å². The third kappa shape index (κ3) is 5.52. The molecule has 1 aliphatic rings. The first kappa shape index (κ1) is 26.8. The monoisotopic (exact) mass is 515 g/mol. The van der Waals surface area contributed by atoms with Crippen molar-refractivity contribution in [3.05, 3.63) is 94.6 Å². The van der Waals surface area contributed by atoms with Crippen molar-refractivity contribution in [1.82, 2.24) is 4.90 Å². The maximum atomic E-state index is 13.5. The number of aryl methyl sites for hydroxylation is 1. The normalized spacial score (nSPS) is 17.0. The van der Waals surface area contributed by atoms with Crippen molar-refractivity contribution in [3.63, 3.8) is 0 Å². The summed E-state index contributed by atoms with van der Waals surface area (Å²) in [5, 5.41) is 11.5. The molecule has 7 nitrogen and oxygen atoms in total. The molecule has 1 unspecified atom stereocenters. The number of hydrogen-bond acceptors (Lipinski definition) is 6. The van der Waals surface area contributed by atoms with Gasteiger partial charge in [-0.05, 0) is 69.2 Å². The molecule has 1 heterocycles. The van der Waals surface area contributed by atoms with Gasteiger partial charge in [0.05, 0.1) is 31.4 Å². The van der Waals surface area contributed by atoms with Crippen LogP contribution in [0.25, 0.3) is 5.76 Å². The van der Waals surface area contributed by atoms with Gasteiger partial charge in [-0.15, -0.1) is 0 Å². The summed E-state index contributed by atoms with van der Waals surface area (Å²) < 4.78 is 16.7. The first-order valence-electron chi connectivity index (χ1n) is 12.4. The summed E-state index contributed by atoms with van der Waals surface area (Å²) in [5.74, 6) is -0.217. The summed E-state index contributed by atoms with van der Waals surface area (Å²) in [5.41, 5.74) is 2.44. The van der Waals surface area contributed by atoms with E-state index in [2.05, 4.69) is 0 Å². The number of carbonyl (C=O) groups is 2. The molecule has 0 aromatic heterocycles. The Labute approximate surface area is 223 Å². The molecule has 1 N–H and O–H groups in total. The van der Waals surface area contributed by atoms with Crippen molar-refractivity contribution in [2.75, 3.05) is 14.2 Å². The Bertz CT molecular complexity index is 1380. The fourth-order valence-corrected chi connectivity index (χ4v) is 4.59. The van der Waals surface area contributed by atoms with E-state index in [-0.39, 0.29) is 29.0 Å². The van der Waals surface area contributed by atoms with Crippen LogP contribution in [0.1, 0.15) is 49.1 Å². The predicted octanol–water partition coefficient (Wildman–Crippen LogP) is 5.81. The Morgan fingerprint density at radius 1 is 0.921 bits per heavy atom. The Morgan fingerprint density at radius 3 is 2.21 bits per heavy atom. The number of benzene rings is 3. The number of likely N-dealkylation sites (tertiary alicyclic amines) is 1. The van der Waals surface area contributed by atoms with E-state index in [1.807, 2.05) is 76.2 Å². The molecule has 1 fully saturated rings. The summed E-state index contributed by atoms with van der Waals surface area (Å²) in [6.07, 6.45) is 0. The molecule has 38 heavy (non-hydrogen) atoms. The lowest BCUT2D eigenvalue weighted by Crippen LogP contribution is -2.29. The summed E-state index contributed by atoms with van der Waals surface area (Å²) in [6, 6.07) is 19.2. The molecule has 0 bridgehead atoms. The zero-order chi connectivity index (χ0) is 27.6. The molecule has 0 spiro atoms.